The molecule has 0 aromatic rings. The number of allylic oxidation sites excluding steroid dienone is 8. The Hall–Kier alpha value is -1.16. The molecule has 44 heavy (non-hydrogen) atoms. The van der Waals surface area contributed by atoms with Crippen LogP contribution < -0.4 is 0 Å². The highest BCUT2D eigenvalue weighted by Crippen LogP contribution is 2.14. The van der Waals surface area contributed by atoms with Crippen LogP contribution in [0.3, 0.4) is 0 Å². The summed E-state index contributed by atoms with van der Waals surface area (Å²) >= 11 is 0. The van der Waals surface area contributed by atoms with Gasteiger partial charge in [0.2, 0.25) is 0 Å². The van der Waals surface area contributed by atoms with Crippen molar-refractivity contribution in [3.8, 4) is 0 Å². The Morgan fingerprint density at radius 3 is 1.25 bits per heavy atom. The predicted molar refractivity (Wildman–Crippen MR) is 196 cm³/mol. The second kappa shape index (κ2) is 39.9. The molecule has 0 unspecified atom stereocenters. The Bertz CT molecular complexity index is 636. The van der Waals surface area contributed by atoms with Crippen LogP contribution in [0.15, 0.2) is 48.6 Å². The standard InChI is InChI=1S/C41H76O3/c1-3-5-7-9-11-13-15-17-19-21-22-24-26-28-30-32-34-36-38-44-41(39-42)40-43-37-35-33-31-29-27-25-23-20-18-16-14-12-10-8-6-4-2/h11,13,17,19,22,24,28,30,41-42H,3-10,12,14-16,18,20-21,23,25-27,29,31-40H2,1-2H3/b13-11-,19-17-,24-22-,30-28-/t41-/m0/s1. The van der Waals surface area contributed by atoms with Crippen molar-refractivity contribution in [1.29, 1.82) is 0 Å². The van der Waals surface area contributed by atoms with E-state index in [0.717, 1.165) is 51.6 Å². The van der Waals surface area contributed by atoms with Crippen LogP contribution in [0.25, 0.3) is 0 Å². The van der Waals surface area contributed by atoms with E-state index >= 15 is 0 Å². The highest BCUT2D eigenvalue weighted by molar-refractivity contribution is 4.99. The minimum Gasteiger partial charge on any atom is -0.394 e. The number of hydrogen-bond acceptors (Lipinski definition) is 3. The van der Waals surface area contributed by atoms with Crippen LogP contribution in [0.1, 0.15) is 181 Å². The van der Waals surface area contributed by atoms with E-state index in [9.17, 15) is 5.11 Å². The van der Waals surface area contributed by atoms with Crippen molar-refractivity contribution in [3.05, 3.63) is 48.6 Å². The van der Waals surface area contributed by atoms with Gasteiger partial charge in [-0.1, -0.05) is 172 Å². The number of unbranched alkanes of at least 4 members (excludes halogenated alkanes) is 20. The molecule has 0 rings (SSSR count). The summed E-state index contributed by atoms with van der Waals surface area (Å²) in [6.45, 7) is 6.56. The third kappa shape index (κ3) is 37.0. The molecule has 0 saturated heterocycles. The fraction of sp³-hybridized carbons (Fsp3) is 0.805. The molecule has 1 N–H and O–H groups in total. The Labute approximate surface area is 276 Å². The zero-order valence-corrected chi connectivity index (χ0v) is 29.7. The van der Waals surface area contributed by atoms with Crippen LogP contribution in [0.5, 0.6) is 0 Å². The lowest BCUT2D eigenvalue weighted by Gasteiger charge is -2.15. The maximum atomic E-state index is 9.59. The van der Waals surface area contributed by atoms with Gasteiger partial charge in [-0.25, -0.2) is 0 Å². The van der Waals surface area contributed by atoms with Crippen molar-refractivity contribution in [1.82, 2.24) is 0 Å². The van der Waals surface area contributed by atoms with Crippen LogP contribution >= 0.6 is 0 Å². The maximum Gasteiger partial charge on any atom is 0.104 e. The van der Waals surface area contributed by atoms with Gasteiger partial charge in [0.15, 0.2) is 0 Å². The van der Waals surface area contributed by atoms with Crippen LogP contribution in [0.2, 0.25) is 0 Å². The molecule has 0 radical (unpaired) electrons. The van der Waals surface area contributed by atoms with Gasteiger partial charge < -0.3 is 14.6 Å². The van der Waals surface area contributed by atoms with E-state index in [1.807, 2.05) is 0 Å². The molecule has 0 spiro atoms. The van der Waals surface area contributed by atoms with Gasteiger partial charge in [-0.3, -0.25) is 0 Å². The normalized spacial score (nSPS) is 13.1. The first-order valence-electron chi connectivity index (χ1n) is 19.2. The van der Waals surface area contributed by atoms with Crippen molar-refractivity contribution in [3.63, 3.8) is 0 Å². The van der Waals surface area contributed by atoms with E-state index in [2.05, 4.69) is 62.5 Å². The summed E-state index contributed by atoms with van der Waals surface area (Å²) in [5, 5.41) is 9.59. The smallest absolute Gasteiger partial charge is 0.104 e. The molecular formula is C41H76O3. The SMILES string of the molecule is CCCCC/C=C\C/C=C\C/C=C\C/C=C\CCCCO[C@@H](CO)COCCCCCCCCCCCCCCCCCC. The zero-order chi connectivity index (χ0) is 31.9. The Morgan fingerprint density at radius 2 is 0.795 bits per heavy atom. The van der Waals surface area contributed by atoms with E-state index in [1.165, 1.54) is 122 Å². The number of ether oxygens (including phenoxy) is 2. The maximum absolute atomic E-state index is 9.59. The summed E-state index contributed by atoms with van der Waals surface area (Å²) in [5.74, 6) is 0. The minimum atomic E-state index is -0.187. The second-order valence-corrected chi connectivity index (χ2v) is 12.6. The number of rotatable bonds is 36. The van der Waals surface area contributed by atoms with Gasteiger partial charge in [-0.2, -0.15) is 0 Å². The average molecular weight is 617 g/mol. The molecule has 0 bridgehead atoms. The van der Waals surface area contributed by atoms with E-state index < -0.39 is 0 Å². The third-order valence-electron chi connectivity index (χ3n) is 8.23. The molecule has 3 heteroatoms. The van der Waals surface area contributed by atoms with Gasteiger partial charge in [-0.15, -0.1) is 0 Å². The summed E-state index contributed by atoms with van der Waals surface area (Å²) in [4.78, 5) is 0. The summed E-state index contributed by atoms with van der Waals surface area (Å²) in [6.07, 6.45) is 51.6. The monoisotopic (exact) mass is 617 g/mol. The number of hydrogen-bond donors (Lipinski definition) is 1. The fourth-order valence-electron chi connectivity index (χ4n) is 5.30. The third-order valence-corrected chi connectivity index (χ3v) is 8.23. The van der Waals surface area contributed by atoms with E-state index in [1.54, 1.807) is 0 Å². The summed E-state index contributed by atoms with van der Waals surface area (Å²) in [7, 11) is 0. The summed E-state index contributed by atoms with van der Waals surface area (Å²) in [5.41, 5.74) is 0. The number of aliphatic hydroxyl groups excluding tert-OH is 1. The predicted octanol–water partition coefficient (Wildman–Crippen LogP) is 12.8. The molecule has 1 atom stereocenters. The highest BCUT2D eigenvalue weighted by atomic mass is 16.5. The van der Waals surface area contributed by atoms with Crippen molar-refractivity contribution >= 4 is 0 Å². The van der Waals surface area contributed by atoms with Crippen LogP contribution in [0, 0.1) is 0 Å². The molecule has 0 aliphatic heterocycles. The van der Waals surface area contributed by atoms with E-state index in [4.69, 9.17) is 9.47 Å². The first-order chi connectivity index (χ1) is 21.8. The fourth-order valence-corrected chi connectivity index (χ4v) is 5.30. The lowest BCUT2D eigenvalue weighted by molar-refractivity contribution is -0.0436. The van der Waals surface area contributed by atoms with Gasteiger partial charge in [-0.05, 0) is 57.8 Å². The van der Waals surface area contributed by atoms with Crippen molar-refractivity contribution in [2.45, 2.75) is 187 Å². The molecule has 0 fully saturated rings. The quantitative estimate of drug-likeness (QED) is 0.0562. The largest absolute Gasteiger partial charge is 0.394 e. The first-order valence-corrected chi connectivity index (χ1v) is 19.2. The molecule has 3 nitrogen and oxygen atoms in total. The van der Waals surface area contributed by atoms with Crippen molar-refractivity contribution < 1.29 is 14.6 Å². The van der Waals surface area contributed by atoms with Gasteiger partial charge in [0.05, 0.1) is 13.2 Å². The Balaban J connectivity index is 3.41. The van der Waals surface area contributed by atoms with Crippen LogP contribution in [-0.2, 0) is 9.47 Å². The lowest BCUT2D eigenvalue weighted by Crippen LogP contribution is -2.24. The van der Waals surface area contributed by atoms with Gasteiger partial charge >= 0.3 is 0 Å². The molecule has 258 valence electrons. The average Bonchev–Trinajstić information content (AvgIpc) is 3.04. The second-order valence-electron chi connectivity index (χ2n) is 12.6. The van der Waals surface area contributed by atoms with Crippen LogP contribution in [0.4, 0.5) is 0 Å². The molecule has 0 saturated carbocycles. The topological polar surface area (TPSA) is 38.7 Å². The highest BCUT2D eigenvalue weighted by Gasteiger charge is 2.07. The molecule has 0 aromatic heterocycles. The Morgan fingerprint density at radius 1 is 0.432 bits per heavy atom. The van der Waals surface area contributed by atoms with Gasteiger partial charge in [0, 0.05) is 13.2 Å². The van der Waals surface area contributed by atoms with E-state index in [-0.39, 0.29) is 12.7 Å². The van der Waals surface area contributed by atoms with E-state index in [0.29, 0.717) is 13.2 Å². The first kappa shape index (κ1) is 42.8. The lowest BCUT2D eigenvalue weighted by atomic mass is 10.0. The van der Waals surface area contributed by atoms with Gasteiger partial charge in [0.1, 0.15) is 6.10 Å². The molecule has 0 aromatic carbocycles. The molecule has 0 aliphatic carbocycles. The van der Waals surface area contributed by atoms with Crippen molar-refractivity contribution in [2.24, 2.45) is 0 Å². The van der Waals surface area contributed by atoms with Gasteiger partial charge in [0.25, 0.3) is 0 Å². The minimum absolute atomic E-state index is 0.0378. The number of aliphatic hydroxyl groups is 1. The molecular weight excluding hydrogens is 540 g/mol. The summed E-state index contributed by atoms with van der Waals surface area (Å²) < 4.78 is 11.6. The van der Waals surface area contributed by atoms with Crippen LogP contribution in [-0.4, -0.2) is 37.6 Å². The molecule has 0 heterocycles. The molecule has 0 amide bonds. The zero-order valence-electron chi connectivity index (χ0n) is 29.7. The molecule has 0 aliphatic rings. The summed E-state index contributed by atoms with van der Waals surface area (Å²) in [6, 6.07) is 0. The van der Waals surface area contributed by atoms with Crippen molar-refractivity contribution in [2.75, 3.05) is 26.4 Å². The Kier molecular flexibility index (Phi) is 38.8.